The summed E-state index contributed by atoms with van der Waals surface area (Å²) < 4.78 is 19.1. The zero-order valence-electron chi connectivity index (χ0n) is 25.8. The van der Waals surface area contributed by atoms with Gasteiger partial charge >= 0.3 is 8.80 Å². The predicted molar refractivity (Wildman–Crippen MR) is 169 cm³/mol. The molecule has 0 aliphatic heterocycles. The minimum absolute atomic E-state index is 0.0578. The van der Waals surface area contributed by atoms with Crippen LogP contribution in [0.25, 0.3) is 11.1 Å². The van der Waals surface area contributed by atoms with Crippen LogP contribution in [0.4, 0.5) is 0 Å². The number of benzene rings is 2. The SMILES string of the molecule is CCCCCCCCC1(CCCCCCCC)c2ccccc2-c2ccc([Si](OCC)(OCC)OCC)cc21. The second-order valence-electron chi connectivity index (χ2n) is 11.3. The first-order valence-electron chi connectivity index (χ1n) is 16.3. The molecule has 2 aromatic rings. The molecule has 0 atom stereocenters. The fraction of sp³-hybridized carbons (Fsp3) is 0.657. The molecule has 2 aromatic carbocycles. The third kappa shape index (κ3) is 7.84. The Balaban J connectivity index is 2.02. The summed E-state index contributed by atoms with van der Waals surface area (Å²) in [7, 11) is -2.99. The second-order valence-corrected chi connectivity index (χ2v) is 13.8. The van der Waals surface area contributed by atoms with Gasteiger partial charge in [0.2, 0.25) is 0 Å². The highest BCUT2D eigenvalue weighted by molar-refractivity contribution is 6.75. The highest BCUT2D eigenvalue weighted by atomic mass is 28.4. The van der Waals surface area contributed by atoms with Crippen LogP contribution in [0, 0.1) is 0 Å². The van der Waals surface area contributed by atoms with Gasteiger partial charge in [-0.25, -0.2) is 0 Å². The molecule has 0 unspecified atom stereocenters. The van der Waals surface area contributed by atoms with E-state index < -0.39 is 8.80 Å². The molecular formula is C35H56O3Si. The van der Waals surface area contributed by atoms with Crippen molar-refractivity contribution in [1.29, 1.82) is 0 Å². The van der Waals surface area contributed by atoms with Crippen LogP contribution in [0.15, 0.2) is 42.5 Å². The molecule has 0 bridgehead atoms. The Morgan fingerprint density at radius 1 is 0.538 bits per heavy atom. The van der Waals surface area contributed by atoms with Crippen molar-refractivity contribution < 1.29 is 13.3 Å². The van der Waals surface area contributed by atoms with Crippen molar-refractivity contribution in [2.75, 3.05) is 19.8 Å². The predicted octanol–water partition coefficient (Wildman–Crippen LogP) is 9.71. The molecule has 3 nitrogen and oxygen atoms in total. The van der Waals surface area contributed by atoms with Crippen LogP contribution in [0.1, 0.15) is 136 Å². The lowest BCUT2D eigenvalue weighted by Crippen LogP contribution is -2.57. The van der Waals surface area contributed by atoms with E-state index in [1.165, 1.54) is 112 Å². The van der Waals surface area contributed by atoms with Crippen LogP contribution < -0.4 is 5.19 Å². The van der Waals surface area contributed by atoms with E-state index in [1.54, 1.807) is 0 Å². The lowest BCUT2D eigenvalue weighted by molar-refractivity contribution is 0.0859. The molecule has 0 saturated carbocycles. The summed E-state index contributed by atoms with van der Waals surface area (Å²) in [5.41, 5.74) is 5.91. The van der Waals surface area contributed by atoms with Crippen LogP contribution in [0.3, 0.4) is 0 Å². The number of hydrogen-bond donors (Lipinski definition) is 0. The van der Waals surface area contributed by atoms with E-state index in [1.807, 2.05) is 20.8 Å². The molecule has 0 heterocycles. The van der Waals surface area contributed by atoms with Gasteiger partial charge in [0.05, 0.1) is 0 Å². The minimum Gasteiger partial charge on any atom is -0.370 e. The molecule has 0 aromatic heterocycles. The molecule has 0 fully saturated rings. The normalized spacial score (nSPS) is 14.0. The second kappa shape index (κ2) is 16.7. The van der Waals surface area contributed by atoms with E-state index >= 15 is 0 Å². The largest absolute Gasteiger partial charge is 0.537 e. The molecule has 0 spiro atoms. The quantitative estimate of drug-likeness (QED) is 0.114. The minimum atomic E-state index is -2.99. The molecule has 0 saturated heterocycles. The first-order valence-corrected chi connectivity index (χ1v) is 18.0. The van der Waals surface area contributed by atoms with Crippen molar-refractivity contribution in [2.24, 2.45) is 0 Å². The molecule has 0 radical (unpaired) electrons. The topological polar surface area (TPSA) is 27.7 Å². The van der Waals surface area contributed by atoms with Crippen LogP contribution in [0.2, 0.25) is 0 Å². The van der Waals surface area contributed by atoms with Crippen molar-refractivity contribution in [3.05, 3.63) is 53.6 Å². The maximum atomic E-state index is 6.37. The Bertz CT molecular complexity index is 939. The fourth-order valence-electron chi connectivity index (χ4n) is 6.67. The molecule has 218 valence electrons. The van der Waals surface area contributed by atoms with Crippen molar-refractivity contribution in [3.8, 4) is 11.1 Å². The summed E-state index contributed by atoms with van der Waals surface area (Å²) in [6.45, 7) is 12.5. The molecule has 1 aliphatic carbocycles. The smallest absolute Gasteiger partial charge is 0.370 e. The van der Waals surface area contributed by atoms with Gasteiger partial charge in [-0.3, -0.25) is 0 Å². The van der Waals surface area contributed by atoms with Gasteiger partial charge in [-0.2, -0.15) is 0 Å². The summed E-state index contributed by atoms with van der Waals surface area (Å²) in [5, 5.41) is 1.12. The van der Waals surface area contributed by atoms with E-state index in [0.717, 1.165) is 5.19 Å². The van der Waals surface area contributed by atoms with E-state index in [2.05, 4.69) is 56.3 Å². The highest BCUT2D eigenvalue weighted by Gasteiger charge is 2.47. The van der Waals surface area contributed by atoms with Crippen LogP contribution in [-0.2, 0) is 18.7 Å². The summed E-state index contributed by atoms with van der Waals surface area (Å²) >= 11 is 0. The van der Waals surface area contributed by atoms with Crippen molar-refractivity contribution >= 4 is 14.0 Å². The molecule has 1 aliphatic rings. The Morgan fingerprint density at radius 2 is 1.03 bits per heavy atom. The van der Waals surface area contributed by atoms with E-state index in [9.17, 15) is 0 Å². The zero-order valence-corrected chi connectivity index (χ0v) is 26.8. The number of fused-ring (bicyclic) bond motifs is 3. The van der Waals surface area contributed by atoms with Crippen molar-refractivity contribution in [2.45, 2.75) is 130 Å². The average molecular weight is 553 g/mol. The van der Waals surface area contributed by atoms with Gasteiger partial charge in [0, 0.05) is 30.4 Å². The summed E-state index contributed by atoms with van der Waals surface area (Å²) in [4.78, 5) is 0. The van der Waals surface area contributed by atoms with Crippen LogP contribution in [-0.4, -0.2) is 28.6 Å². The van der Waals surface area contributed by atoms with Gasteiger partial charge in [-0.1, -0.05) is 133 Å². The molecule has 0 N–H and O–H groups in total. The summed E-state index contributed by atoms with van der Waals surface area (Å²) in [5.74, 6) is 0. The molecule has 3 rings (SSSR count). The van der Waals surface area contributed by atoms with E-state index in [4.69, 9.17) is 13.3 Å². The van der Waals surface area contributed by atoms with Crippen LogP contribution in [0.5, 0.6) is 0 Å². The Hall–Kier alpha value is -1.46. The lowest BCUT2D eigenvalue weighted by Gasteiger charge is -2.34. The molecule has 0 amide bonds. The third-order valence-electron chi connectivity index (χ3n) is 8.54. The zero-order chi connectivity index (χ0) is 28.0. The fourth-order valence-corrected chi connectivity index (χ4v) is 9.17. The van der Waals surface area contributed by atoms with Gasteiger partial charge in [-0.15, -0.1) is 0 Å². The van der Waals surface area contributed by atoms with Crippen molar-refractivity contribution in [1.82, 2.24) is 0 Å². The number of unbranched alkanes of at least 4 members (excludes halogenated alkanes) is 10. The maximum Gasteiger partial charge on any atom is 0.537 e. The van der Waals surface area contributed by atoms with E-state index in [0.29, 0.717) is 19.8 Å². The standard InChI is InChI=1S/C35H56O3Si/c1-6-11-13-15-17-21-27-35(28-22-18-16-14-12-7-2)33-24-20-19-23-31(33)32-26-25-30(29-34(32)35)39(36-8-3,37-9-4)38-10-5/h19-20,23-26,29H,6-18,21-22,27-28H2,1-5H3. The highest BCUT2D eigenvalue weighted by Crippen LogP contribution is 2.54. The first kappa shape index (κ1) is 32.1. The summed E-state index contributed by atoms with van der Waals surface area (Å²) in [6.07, 6.45) is 18.4. The van der Waals surface area contributed by atoms with Gasteiger partial charge in [0.1, 0.15) is 0 Å². The van der Waals surface area contributed by atoms with Crippen molar-refractivity contribution in [3.63, 3.8) is 0 Å². The first-order chi connectivity index (χ1) is 19.1. The molecule has 39 heavy (non-hydrogen) atoms. The number of rotatable bonds is 21. The Kier molecular flexibility index (Phi) is 13.7. The van der Waals surface area contributed by atoms with Gasteiger partial charge < -0.3 is 13.3 Å². The van der Waals surface area contributed by atoms with Gasteiger partial charge in [0.15, 0.2) is 0 Å². The number of hydrogen-bond acceptors (Lipinski definition) is 3. The van der Waals surface area contributed by atoms with Gasteiger partial charge in [-0.05, 0) is 55.9 Å². The van der Waals surface area contributed by atoms with Crippen LogP contribution >= 0.6 is 0 Å². The Labute approximate surface area is 241 Å². The molecular weight excluding hydrogens is 496 g/mol. The third-order valence-corrected chi connectivity index (χ3v) is 11.6. The summed E-state index contributed by atoms with van der Waals surface area (Å²) in [6, 6.07) is 16.2. The van der Waals surface area contributed by atoms with E-state index in [-0.39, 0.29) is 5.41 Å². The van der Waals surface area contributed by atoms with Gasteiger partial charge in [0.25, 0.3) is 0 Å². The monoisotopic (exact) mass is 552 g/mol. The Morgan fingerprint density at radius 3 is 1.56 bits per heavy atom. The maximum absolute atomic E-state index is 6.37. The molecule has 4 heteroatoms. The average Bonchev–Trinajstić information content (AvgIpc) is 3.22. The lowest BCUT2D eigenvalue weighted by atomic mass is 9.70.